The molecular formula is C11H24ClNO4. The predicted octanol–water partition coefficient (Wildman–Crippen LogP) is -2.93. The summed E-state index contributed by atoms with van der Waals surface area (Å²) in [5.41, 5.74) is 0. The topological polar surface area (TPSA) is 77.8 Å². The Morgan fingerprint density at radius 1 is 1.18 bits per heavy atom. The van der Waals surface area contributed by atoms with Crippen LogP contribution >= 0.6 is 0 Å². The highest BCUT2D eigenvalue weighted by Crippen LogP contribution is 2.17. The van der Waals surface area contributed by atoms with E-state index in [4.69, 9.17) is 15.3 Å². The fourth-order valence-corrected chi connectivity index (χ4v) is 1.89. The van der Waals surface area contributed by atoms with Crippen LogP contribution in [0.5, 0.6) is 0 Å². The highest BCUT2D eigenvalue weighted by Gasteiger charge is 2.29. The van der Waals surface area contributed by atoms with Crippen molar-refractivity contribution in [1.82, 2.24) is 0 Å². The average Bonchev–Trinajstić information content (AvgIpc) is 2.20. The maximum atomic E-state index is 10.8. The van der Waals surface area contributed by atoms with Gasteiger partial charge in [-0.05, 0) is 6.42 Å². The molecule has 0 aromatic carbocycles. The number of rotatable bonds is 9. The van der Waals surface area contributed by atoms with Gasteiger partial charge in [-0.2, -0.15) is 0 Å². The predicted molar refractivity (Wildman–Crippen MR) is 61.0 cm³/mol. The van der Waals surface area contributed by atoms with Gasteiger partial charge in [0.1, 0.15) is 0 Å². The molecule has 0 aliphatic carbocycles. The minimum absolute atomic E-state index is 0. The number of aliphatic hydroxyl groups excluding tert-OH is 2. The third-order valence-electron chi connectivity index (χ3n) is 2.99. The van der Waals surface area contributed by atoms with E-state index in [1.807, 2.05) is 14.1 Å². The molecule has 0 saturated carbocycles. The van der Waals surface area contributed by atoms with Crippen LogP contribution in [-0.4, -0.2) is 65.7 Å². The first-order chi connectivity index (χ1) is 7.44. The molecule has 1 unspecified atom stereocenters. The lowest BCUT2D eigenvalue weighted by molar-refractivity contribution is -0.915. The van der Waals surface area contributed by atoms with E-state index in [9.17, 15) is 4.79 Å². The molecule has 3 N–H and O–H groups in total. The lowest BCUT2D eigenvalue weighted by atomic mass is 10.0. The SMILES string of the molecule is C[N+](C)(CCCO)C(CCCO)CC(=O)O.[Cl-]. The molecular weight excluding hydrogens is 246 g/mol. The number of aliphatic hydroxyl groups is 2. The van der Waals surface area contributed by atoms with Crippen LogP contribution in [0.1, 0.15) is 25.7 Å². The molecule has 0 fully saturated rings. The number of aliphatic carboxylic acids is 1. The Hall–Kier alpha value is -0.360. The molecule has 0 spiro atoms. The lowest BCUT2D eigenvalue weighted by Crippen LogP contribution is -3.00. The molecule has 0 radical (unpaired) electrons. The Bertz CT molecular complexity index is 212. The summed E-state index contributed by atoms with van der Waals surface area (Å²) in [4.78, 5) is 10.8. The summed E-state index contributed by atoms with van der Waals surface area (Å²) in [6, 6.07) is -0.00352. The number of hydrogen-bond donors (Lipinski definition) is 3. The van der Waals surface area contributed by atoms with Crippen LogP contribution < -0.4 is 12.4 Å². The van der Waals surface area contributed by atoms with Gasteiger partial charge in [-0.1, -0.05) is 0 Å². The van der Waals surface area contributed by atoms with E-state index < -0.39 is 5.97 Å². The van der Waals surface area contributed by atoms with Crippen molar-refractivity contribution in [3.63, 3.8) is 0 Å². The minimum atomic E-state index is -0.807. The highest BCUT2D eigenvalue weighted by atomic mass is 35.5. The van der Waals surface area contributed by atoms with Crippen LogP contribution in [0.2, 0.25) is 0 Å². The third-order valence-corrected chi connectivity index (χ3v) is 2.99. The molecule has 5 nitrogen and oxygen atoms in total. The molecule has 1 atom stereocenters. The maximum absolute atomic E-state index is 10.8. The number of carboxylic acids is 1. The normalized spacial score (nSPS) is 12.9. The molecule has 0 amide bonds. The van der Waals surface area contributed by atoms with E-state index in [2.05, 4.69) is 0 Å². The van der Waals surface area contributed by atoms with Gasteiger partial charge in [0.2, 0.25) is 0 Å². The molecule has 0 rings (SSSR count). The minimum Gasteiger partial charge on any atom is -1.00 e. The first-order valence-corrected chi connectivity index (χ1v) is 5.70. The zero-order valence-electron chi connectivity index (χ0n) is 10.6. The second kappa shape index (κ2) is 9.65. The van der Waals surface area contributed by atoms with Gasteiger partial charge in [-0.15, -0.1) is 0 Å². The van der Waals surface area contributed by atoms with E-state index in [0.717, 1.165) is 6.54 Å². The monoisotopic (exact) mass is 269 g/mol. The summed E-state index contributed by atoms with van der Waals surface area (Å²) in [6.07, 6.45) is 2.10. The van der Waals surface area contributed by atoms with Crippen LogP contribution in [0, 0.1) is 0 Å². The quantitative estimate of drug-likeness (QED) is 0.392. The number of halogens is 1. The van der Waals surface area contributed by atoms with E-state index in [-0.39, 0.29) is 38.1 Å². The second-order valence-electron chi connectivity index (χ2n) is 4.70. The molecule has 104 valence electrons. The van der Waals surface area contributed by atoms with E-state index in [1.54, 1.807) is 0 Å². The Labute approximate surface area is 109 Å². The fraction of sp³-hybridized carbons (Fsp3) is 0.909. The third kappa shape index (κ3) is 8.37. The second-order valence-corrected chi connectivity index (χ2v) is 4.70. The molecule has 6 heteroatoms. The fourth-order valence-electron chi connectivity index (χ4n) is 1.89. The van der Waals surface area contributed by atoms with Crippen molar-refractivity contribution >= 4 is 5.97 Å². The molecule has 0 bridgehead atoms. The molecule has 0 saturated heterocycles. The molecule has 17 heavy (non-hydrogen) atoms. The lowest BCUT2D eigenvalue weighted by Gasteiger charge is -2.37. The van der Waals surface area contributed by atoms with Gasteiger partial charge in [0, 0.05) is 26.1 Å². The summed E-state index contributed by atoms with van der Waals surface area (Å²) < 4.78 is 0.576. The first-order valence-electron chi connectivity index (χ1n) is 5.70. The standard InChI is InChI=1S/C11H23NO4.ClH/c1-12(2,6-4-8-14)10(5-3-7-13)9-11(15)16;/h10,13-14H,3-9H2,1-2H3;1H. The Balaban J connectivity index is 0. The van der Waals surface area contributed by atoms with Gasteiger partial charge < -0.3 is 32.2 Å². The Morgan fingerprint density at radius 3 is 2.12 bits per heavy atom. The molecule has 0 aliphatic rings. The van der Waals surface area contributed by atoms with Crippen molar-refractivity contribution in [3.8, 4) is 0 Å². The van der Waals surface area contributed by atoms with Crippen molar-refractivity contribution in [3.05, 3.63) is 0 Å². The van der Waals surface area contributed by atoms with Gasteiger partial charge in [0.05, 0.1) is 33.1 Å². The number of carbonyl (C=O) groups is 1. The number of quaternary nitrogens is 1. The highest BCUT2D eigenvalue weighted by molar-refractivity contribution is 5.67. The van der Waals surface area contributed by atoms with Crippen LogP contribution in [0.4, 0.5) is 0 Å². The largest absolute Gasteiger partial charge is 1.00 e. The summed E-state index contributed by atoms with van der Waals surface area (Å²) in [7, 11) is 3.95. The zero-order valence-corrected chi connectivity index (χ0v) is 11.4. The van der Waals surface area contributed by atoms with Gasteiger partial charge in [0.15, 0.2) is 0 Å². The van der Waals surface area contributed by atoms with Crippen LogP contribution in [0.15, 0.2) is 0 Å². The van der Waals surface area contributed by atoms with E-state index in [0.29, 0.717) is 23.7 Å². The molecule has 0 heterocycles. The summed E-state index contributed by atoms with van der Waals surface area (Å²) in [5.74, 6) is -0.807. The molecule has 0 aliphatic heterocycles. The van der Waals surface area contributed by atoms with Crippen LogP contribution in [-0.2, 0) is 4.79 Å². The Morgan fingerprint density at radius 2 is 1.71 bits per heavy atom. The number of hydrogen-bond acceptors (Lipinski definition) is 3. The van der Waals surface area contributed by atoms with Gasteiger partial charge in [0.25, 0.3) is 0 Å². The molecule has 0 aromatic rings. The number of nitrogens with zero attached hydrogens (tertiary/aromatic N) is 1. The van der Waals surface area contributed by atoms with Crippen molar-refractivity contribution in [2.24, 2.45) is 0 Å². The maximum Gasteiger partial charge on any atom is 0.309 e. The van der Waals surface area contributed by atoms with Crippen molar-refractivity contribution in [2.75, 3.05) is 33.9 Å². The van der Waals surface area contributed by atoms with Gasteiger partial charge in [-0.25, -0.2) is 0 Å². The van der Waals surface area contributed by atoms with Crippen LogP contribution in [0.3, 0.4) is 0 Å². The summed E-state index contributed by atoms with van der Waals surface area (Å²) in [6.45, 7) is 0.970. The van der Waals surface area contributed by atoms with Gasteiger partial charge in [-0.3, -0.25) is 4.79 Å². The van der Waals surface area contributed by atoms with Crippen molar-refractivity contribution in [2.45, 2.75) is 31.7 Å². The smallest absolute Gasteiger partial charge is 0.309 e. The Kier molecular flexibility index (Phi) is 10.8. The average molecular weight is 270 g/mol. The zero-order chi connectivity index (χ0) is 12.6. The number of carboxylic acid groups (broad SMARTS) is 1. The van der Waals surface area contributed by atoms with E-state index in [1.165, 1.54) is 0 Å². The summed E-state index contributed by atoms with van der Waals surface area (Å²) >= 11 is 0. The van der Waals surface area contributed by atoms with E-state index >= 15 is 0 Å². The molecule has 0 aromatic heterocycles. The first kappa shape index (κ1) is 19.0. The van der Waals surface area contributed by atoms with Gasteiger partial charge >= 0.3 is 5.97 Å². The van der Waals surface area contributed by atoms with Crippen LogP contribution in [0.25, 0.3) is 0 Å². The van der Waals surface area contributed by atoms with Crippen molar-refractivity contribution < 1.29 is 37.0 Å². The van der Waals surface area contributed by atoms with Crippen molar-refractivity contribution in [1.29, 1.82) is 0 Å². The summed E-state index contributed by atoms with van der Waals surface area (Å²) in [5, 5.41) is 26.4.